The summed E-state index contributed by atoms with van der Waals surface area (Å²) < 4.78 is 46.8. The van der Waals surface area contributed by atoms with E-state index in [1.54, 1.807) is 44.4 Å². The second-order valence-electron chi connectivity index (χ2n) is 10.9. The summed E-state index contributed by atoms with van der Waals surface area (Å²) in [5.41, 5.74) is -1.34. The number of aliphatic hydroxyl groups excluding tert-OH is 1. The molecule has 11 nitrogen and oxygen atoms in total. The van der Waals surface area contributed by atoms with E-state index < -0.39 is 33.6 Å². The standard InChI is InChI=1S/C31H30ClN3O8S/c1-33(2)29(37)24-15-20(36)17-34(24)31(28-13-18-7-5-6-8-25(18)43-28)22-14-19(32)9-11-23(22)35(30(31)38)44(39,40)27-12-10-21(41-3)16-26(27)42-4/h5-14,16,20,24,36H,15,17H2,1-4H3/t20-,24+,31?/m1/s1. The minimum absolute atomic E-state index is 0.0151. The number of hydrogen-bond donors (Lipinski definition) is 1. The van der Waals surface area contributed by atoms with Gasteiger partial charge < -0.3 is 23.9 Å². The van der Waals surface area contributed by atoms with E-state index >= 15 is 4.79 Å². The van der Waals surface area contributed by atoms with Crippen LogP contribution in [-0.4, -0.2) is 82.1 Å². The number of para-hydroxylation sites is 1. The molecule has 1 N–H and O–H groups in total. The largest absolute Gasteiger partial charge is 0.497 e. The summed E-state index contributed by atoms with van der Waals surface area (Å²) in [6.07, 6.45) is -0.978. The minimum Gasteiger partial charge on any atom is -0.497 e. The summed E-state index contributed by atoms with van der Waals surface area (Å²) in [5.74, 6) is -0.888. The molecule has 3 atom stereocenters. The van der Waals surface area contributed by atoms with Crippen molar-refractivity contribution in [2.24, 2.45) is 0 Å². The number of methoxy groups -OCH3 is 2. The number of carbonyl (C=O) groups excluding carboxylic acids is 2. The van der Waals surface area contributed by atoms with Crippen molar-refractivity contribution in [1.82, 2.24) is 9.80 Å². The highest BCUT2D eigenvalue weighted by atomic mass is 35.5. The summed E-state index contributed by atoms with van der Waals surface area (Å²) in [6.45, 7) is -0.126. The maximum atomic E-state index is 15.2. The number of rotatable bonds is 7. The molecule has 2 amide bonds. The molecule has 3 aromatic carbocycles. The van der Waals surface area contributed by atoms with Gasteiger partial charge in [0.1, 0.15) is 27.7 Å². The molecule has 13 heteroatoms. The maximum Gasteiger partial charge on any atom is 0.274 e. The first-order chi connectivity index (χ1) is 20.9. The minimum atomic E-state index is -4.65. The van der Waals surface area contributed by atoms with Crippen molar-refractivity contribution in [3.63, 3.8) is 0 Å². The van der Waals surface area contributed by atoms with Crippen molar-refractivity contribution >= 4 is 50.1 Å². The first kappa shape index (κ1) is 29.9. The molecule has 2 aliphatic rings. The SMILES string of the molecule is COc1ccc(S(=O)(=O)N2C(=O)C(c3cc4ccccc4o3)(N3C[C@H](O)C[C@H]3C(=O)N(C)C)c3cc(Cl)ccc32)c(OC)c1. The summed E-state index contributed by atoms with van der Waals surface area (Å²) >= 11 is 6.52. The zero-order valence-corrected chi connectivity index (χ0v) is 25.9. The number of benzene rings is 3. The second kappa shape index (κ2) is 10.8. The lowest BCUT2D eigenvalue weighted by Crippen LogP contribution is -2.59. The van der Waals surface area contributed by atoms with Crippen molar-refractivity contribution < 1.29 is 37.0 Å². The highest BCUT2D eigenvalue weighted by molar-refractivity contribution is 7.93. The van der Waals surface area contributed by atoms with Gasteiger partial charge in [-0.3, -0.25) is 14.5 Å². The summed E-state index contributed by atoms with van der Waals surface area (Å²) in [5, 5.41) is 11.8. The predicted molar refractivity (Wildman–Crippen MR) is 162 cm³/mol. The Morgan fingerprint density at radius 2 is 1.82 bits per heavy atom. The van der Waals surface area contributed by atoms with Crippen LogP contribution in [-0.2, 0) is 25.2 Å². The number of likely N-dealkylation sites (N-methyl/N-ethyl adjacent to an activating group) is 1. The van der Waals surface area contributed by atoms with Crippen molar-refractivity contribution in [3.05, 3.63) is 83.1 Å². The number of β-amino-alcohol motifs (C(OH)–C–C–N with tert-alkyl or cyclic N) is 1. The Morgan fingerprint density at radius 3 is 2.50 bits per heavy atom. The quantitative estimate of drug-likeness (QED) is 0.322. The highest BCUT2D eigenvalue weighted by Crippen LogP contribution is 2.54. The number of furan rings is 1. The van der Waals surface area contributed by atoms with Crippen LogP contribution in [0.15, 0.2) is 76.0 Å². The average molecular weight is 640 g/mol. The van der Waals surface area contributed by atoms with Crippen LogP contribution in [0.3, 0.4) is 0 Å². The fourth-order valence-corrected chi connectivity index (χ4v) is 7.98. The van der Waals surface area contributed by atoms with Crippen molar-refractivity contribution in [3.8, 4) is 11.5 Å². The van der Waals surface area contributed by atoms with E-state index in [1.807, 2.05) is 0 Å². The lowest BCUT2D eigenvalue weighted by atomic mass is 9.85. The Bertz CT molecular complexity index is 1880. The molecule has 44 heavy (non-hydrogen) atoms. The molecule has 0 aliphatic carbocycles. The van der Waals surface area contributed by atoms with E-state index in [4.69, 9.17) is 25.5 Å². The molecule has 6 rings (SSSR count). The van der Waals surface area contributed by atoms with Gasteiger partial charge in [0.25, 0.3) is 15.9 Å². The van der Waals surface area contributed by atoms with Crippen LogP contribution in [0.2, 0.25) is 5.02 Å². The van der Waals surface area contributed by atoms with Gasteiger partial charge in [0.15, 0.2) is 5.54 Å². The summed E-state index contributed by atoms with van der Waals surface area (Å²) in [6, 6.07) is 16.4. The van der Waals surface area contributed by atoms with Crippen LogP contribution in [0.1, 0.15) is 17.7 Å². The van der Waals surface area contributed by atoms with E-state index in [1.165, 1.54) is 60.4 Å². The van der Waals surface area contributed by atoms with E-state index in [0.29, 0.717) is 21.0 Å². The maximum absolute atomic E-state index is 15.2. The van der Waals surface area contributed by atoms with Gasteiger partial charge in [0.2, 0.25) is 5.91 Å². The van der Waals surface area contributed by atoms with Gasteiger partial charge in [-0.15, -0.1) is 0 Å². The highest BCUT2D eigenvalue weighted by Gasteiger charge is 2.65. The topological polar surface area (TPSA) is 130 Å². The third-order valence-electron chi connectivity index (χ3n) is 8.17. The zero-order valence-electron chi connectivity index (χ0n) is 24.4. The van der Waals surface area contributed by atoms with E-state index in [-0.39, 0.29) is 51.6 Å². The third-order valence-corrected chi connectivity index (χ3v) is 10.1. The van der Waals surface area contributed by atoms with E-state index in [0.717, 1.165) is 0 Å². The lowest BCUT2D eigenvalue weighted by molar-refractivity contribution is -0.138. The number of anilines is 1. The van der Waals surface area contributed by atoms with Crippen LogP contribution in [0, 0.1) is 0 Å². The number of halogens is 1. The Morgan fingerprint density at radius 1 is 1.07 bits per heavy atom. The molecule has 1 saturated heterocycles. The van der Waals surface area contributed by atoms with Crippen molar-refractivity contribution in [2.45, 2.75) is 29.0 Å². The molecule has 3 heterocycles. The molecule has 0 saturated carbocycles. The summed E-state index contributed by atoms with van der Waals surface area (Å²) in [7, 11) is 1.25. The van der Waals surface area contributed by atoms with Gasteiger partial charge >= 0.3 is 0 Å². The van der Waals surface area contributed by atoms with Crippen LogP contribution >= 0.6 is 11.6 Å². The smallest absolute Gasteiger partial charge is 0.274 e. The van der Waals surface area contributed by atoms with E-state index in [9.17, 15) is 18.3 Å². The Labute approximate surface area is 259 Å². The number of aliphatic hydroxyl groups is 1. The first-order valence-corrected chi connectivity index (χ1v) is 15.5. The van der Waals surface area contributed by atoms with Crippen LogP contribution in [0.25, 0.3) is 11.0 Å². The normalized spacial score (nSPS) is 22.0. The second-order valence-corrected chi connectivity index (χ2v) is 13.1. The molecular formula is C31H30ClN3O8S. The first-order valence-electron chi connectivity index (χ1n) is 13.7. The number of carbonyl (C=O) groups is 2. The molecule has 1 aromatic heterocycles. The van der Waals surface area contributed by atoms with Crippen LogP contribution in [0.4, 0.5) is 5.69 Å². The molecular weight excluding hydrogens is 610 g/mol. The van der Waals surface area contributed by atoms with Gasteiger partial charge in [-0.25, -0.2) is 12.7 Å². The number of fused-ring (bicyclic) bond motifs is 2. The van der Waals surface area contributed by atoms with E-state index in [2.05, 4.69) is 0 Å². The number of hydrogen-bond acceptors (Lipinski definition) is 9. The van der Waals surface area contributed by atoms with Gasteiger partial charge in [-0.05, 0) is 48.9 Å². The van der Waals surface area contributed by atoms with Gasteiger partial charge in [-0.1, -0.05) is 29.8 Å². The van der Waals surface area contributed by atoms with Crippen molar-refractivity contribution in [2.75, 3.05) is 39.2 Å². The number of sulfonamides is 1. The predicted octanol–water partition coefficient (Wildman–Crippen LogP) is 3.61. The van der Waals surface area contributed by atoms with Gasteiger partial charge in [-0.2, -0.15) is 0 Å². The Kier molecular flexibility index (Phi) is 7.36. The van der Waals surface area contributed by atoms with Crippen LogP contribution < -0.4 is 13.8 Å². The van der Waals surface area contributed by atoms with Crippen molar-refractivity contribution in [1.29, 1.82) is 0 Å². The molecule has 230 valence electrons. The fraction of sp³-hybridized carbons (Fsp3) is 0.290. The Balaban J connectivity index is 1.67. The number of likely N-dealkylation sites (tertiary alicyclic amines) is 1. The summed E-state index contributed by atoms with van der Waals surface area (Å²) in [4.78, 5) is 31.4. The third kappa shape index (κ3) is 4.35. The zero-order chi connectivity index (χ0) is 31.6. The Hall–Kier alpha value is -4.10. The molecule has 1 unspecified atom stereocenters. The molecule has 0 bridgehead atoms. The molecule has 0 radical (unpaired) electrons. The monoisotopic (exact) mass is 639 g/mol. The number of nitrogens with zero attached hydrogens (tertiary/aromatic N) is 3. The lowest BCUT2D eigenvalue weighted by Gasteiger charge is -2.39. The molecule has 2 aliphatic heterocycles. The molecule has 1 fully saturated rings. The van der Waals surface area contributed by atoms with Crippen LogP contribution in [0.5, 0.6) is 11.5 Å². The molecule has 4 aromatic rings. The fourth-order valence-electron chi connectivity index (χ4n) is 6.21. The number of ether oxygens (including phenoxy) is 2. The molecule has 0 spiro atoms. The average Bonchev–Trinajstić information content (AvgIpc) is 3.68. The van der Waals surface area contributed by atoms with Gasteiger partial charge in [0, 0.05) is 42.7 Å². The van der Waals surface area contributed by atoms with Gasteiger partial charge in [0.05, 0.1) is 32.1 Å². The number of amides is 2.